The highest BCUT2D eigenvalue weighted by molar-refractivity contribution is 5.43. The van der Waals surface area contributed by atoms with Crippen LogP contribution in [0.2, 0.25) is 0 Å². The molecule has 0 bridgehead atoms. The third-order valence-corrected chi connectivity index (χ3v) is 5.47. The number of aliphatic hydroxyl groups is 1. The highest BCUT2D eigenvalue weighted by atomic mass is 16.5. The van der Waals surface area contributed by atoms with Gasteiger partial charge in [-0.2, -0.15) is 5.10 Å². The Labute approximate surface area is 204 Å². The summed E-state index contributed by atoms with van der Waals surface area (Å²) >= 11 is 0. The van der Waals surface area contributed by atoms with Crippen LogP contribution in [0, 0.1) is 13.8 Å². The summed E-state index contributed by atoms with van der Waals surface area (Å²) in [5, 5.41) is 15.5. The summed E-state index contributed by atoms with van der Waals surface area (Å²) in [4.78, 5) is 2.25. The van der Waals surface area contributed by atoms with Crippen LogP contribution in [0.5, 0.6) is 11.6 Å². The summed E-state index contributed by atoms with van der Waals surface area (Å²) in [6, 6.07) is 18.1. The number of aryl methyl sites for hydroxylation is 2. The van der Waals surface area contributed by atoms with E-state index in [4.69, 9.17) is 14.6 Å². The van der Waals surface area contributed by atoms with E-state index in [0.29, 0.717) is 25.6 Å². The Balaban J connectivity index is 1.90. The van der Waals surface area contributed by atoms with E-state index < -0.39 is 6.10 Å². The maximum atomic E-state index is 10.7. The fourth-order valence-corrected chi connectivity index (χ4v) is 3.76. The first-order chi connectivity index (χ1) is 16.2. The van der Waals surface area contributed by atoms with E-state index in [9.17, 15) is 5.11 Å². The highest BCUT2D eigenvalue weighted by Crippen LogP contribution is 2.32. The third-order valence-electron chi connectivity index (χ3n) is 5.47. The lowest BCUT2D eigenvalue weighted by atomic mass is 10.2. The fraction of sp³-hybridized carbons (Fsp3) is 0.464. The molecule has 0 aliphatic carbocycles. The first-order valence-corrected chi connectivity index (χ1v) is 12.1. The molecule has 0 unspecified atom stereocenters. The monoisotopic (exact) mass is 465 g/mol. The summed E-state index contributed by atoms with van der Waals surface area (Å²) in [6.07, 6.45) is 0.407. The van der Waals surface area contributed by atoms with Crippen LogP contribution in [0.25, 0.3) is 5.69 Å². The van der Waals surface area contributed by atoms with Crippen molar-refractivity contribution in [3.8, 4) is 17.3 Å². The van der Waals surface area contributed by atoms with E-state index in [2.05, 4.69) is 18.7 Å². The molecule has 0 saturated carbocycles. The summed E-state index contributed by atoms with van der Waals surface area (Å²) in [7, 11) is 0. The van der Waals surface area contributed by atoms with Gasteiger partial charge in [-0.1, -0.05) is 42.8 Å². The molecule has 6 heteroatoms. The van der Waals surface area contributed by atoms with Crippen molar-refractivity contribution in [3.63, 3.8) is 0 Å². The summed E-state index contributed by atoms with van der Waals surface area (Å²) in [5.41, 5.74) is 3.77. The van der Waals surface area contributed by atoms with Gasteiger partial charge in [0.05, 0.1) is 35.3 Å². The van der Waals surface area contributed by atoms with Crippen molar-refractivity contribution in [3.05, 3.63) is 71.4 Å². The number of aromatic nitrogens is 2. The molecule has 1 aromatic heterocycles. The van der Waals surface area contributed by atoms with Gasteiger partial charge < -0.3 is 14.6 Å². The lowest BCUT2D eigenvalue weighted by Crippen LogP contribution is -2.37. The Morgan fingerprint density at radius 3 is 2.32 bits per heavy atom. The predicted molar refractivity (Wildman–Crippen MR) is 137 cm³/mol. The van der Waals surface area contributed by atoms with Crippen LogP contribution in [0.3, 0.4) is 0 Å². The summed E-state index contributed by atoms with van der Waals surface area (Å²) in [5.74, 6) is 1.47. The van der Waals surface area contributed by atoms with Gasteiger partial charge in [-0.25, -0.2) is 4.68 Å². The average Bonchev–Trinajstić information content (AvgIpc) is 3.09. The molecule has 0 radical (unpaired) electrons. The van der Waals surface area contributed by atoms with Gasteiger partial charge in [0, 0.05) is 13.1 Å². The van der Waals surface area contributed by atoms with E-state index in [1.54, 1.807) is 0 Å². The Morgan fingerprint density at radius 2 is 1.71 bits per heavy atom. The average molecular weight is 466 g/mol. The number of hydrogen-bond donors (Lipinski definition) is 1. The van der Waals surface area contributed by atoms with Crippen LogP contribution < -0.4 is 4.74 Å². The molecule has 0 fully saturated rings. The van der Waals surface area contributed by atoms with E-state index in [1.807, 2.05) is 87.0 Å². The van der Waals surface area contributed by atoms with E-state index in [1.165, 1.54) is 5.56 Å². The van der Waals surface area contributed by atoms with Crippen molar-refractivity contribution in [1.82, 2.24) is 14.7 Å². The molecule has 0 saturated heterocycles. The molecule has 34 heavy (non-hydrogen) atoms. The molecule has 184 valence electrons. The number of nitrogens with zero attached hydrogens (tertiary/aromatic N) is 3. The topological polar surface area (TPSA) is 59.8 Å². The zero-order chi connectivity index (χ0) is 24.7. The molecular weight excluding hydrogens is 426 g/mol. The second kappa shape index (κ2) is 11.6. The largest absolute Gasteiger partial charge is 0.439 e. The number of rotatable bonds is 11. The van der Waals surface area contributed by atoms with Crippen molar-refractivity contribution in [1.29, 1.82) is 0 Å². The molecule has 1 atom stereocenters. The molecule has 1 heterocycles. The van der Waals surface area contributed by atoms with Crippen LogP contribution in [-0.2, 0) is 11.3 Å². The lowest BCUT2D eigenvalue weighted by Gasteiger charge is -2.27. The van der Waals surface area contributed by atoms with Crippen LogP contribution >= 0.6 is 0 Å². The van der Waals surface area contributed by atoms with Crippen molar-refractivity contribution < 1.29 is 14.6 Å². The van der Waals surface area contributed by atoms with Gasteiger partial charge in [-0.15, -0.1) is 0 Å². The van der Waals surface area contributed by atoms with Crippen LogP contribution in [0.4, 0.5) is 0 Å². The van der Waals surface area contributed by atoms with Gasteiger partial charge in [0.2, 0.25) is 5.88 Å². The van der Waals surface area contributed by atoms with Crippen LogP contribution in [0.15, 0.2) is 54.6 Å². The lowest BCUT2D eigenvalue weighted by molar-refractivity contribution is -0.0567. The smallest absolute Gasteiger partial charge is 0.227 e. The van der Waals surface area contributed by atoms with Crippen molar-refractivity contribution in [2.24, 2.45) is 0 Å². The molecule has 0 aliphatic heterocycles. The van der Waals surface area contributed by atoms with E-state index in [0.717, 1.165) is 35.7 Å². The Kier molecular flexibility index (Phi) is 8.89. The zero-order valence-corrected chi connectivity index (χ0v) is 21.4. The number of hydrogen-bond acceptors (Lipinski definition) is 5. The van der Waals surface area contributed by atoms with Gasteiger partial charge >= 0.3 is 0 Å². The maximum Gasteiger partial charge on any atom is 0.227 e. The van der Waals surface area contributed by atoms with Gasteiger partial charge in [0.15, 0.2) is 0 Å². The molecule has 1 N–H and O–H groups in total. The quantitative estimate of drug-likeness (QED) is 0.395. The predicted octanol–water partition coefficient (Wildman–Crippen LogP) is 5.67. The van der Waals surface area contributed by atoms with Crippen LogP contribution in [-0.4, -0.2) is 51.2 Å². The van der Waals surface area contributed by atoms with Crippen molar-refractivity contribution >= 4 is 0 Å². The second-order valence-electron chi connectivity index (χ2n) is 9.84. The minimum Gasteiger partial charge on any atom is -0.439 e. The molecular formula is C28H39N3O3. The third kappa shape index (κ3) is 7.42. The van der Waals surface area contributed by atoms with E-state index >= 15 is 0 Å². The van der Waals surface area contributed by atoms with Gasteiger partial charge in [-0.05, 0) is 71.8 Å². The zero-order valence-electron chi connectivity index (χ0n) is 21.4. The second-order valence-corrected chi connectivity index (χ2v) is 9.84. The molecule has 3 aromatic rings. The standard InChI is InChI=1S/C28H39N3O3/c1-7-17-30(18-24(32)20-33-28(4,5)6)19-26-22(3)29-31(23-11-9-8-10-12-23)27(26)34-25-15-13-21(2)14-16-25/h8-16,24,32H,7,17-20H2,1-6H3/t24-/m1/s1. The summed E-state index contributed by atoms with van der Waals surface area (Å²) in [6.45, 7) is 14.5. The first-order valence-electron chi connectivity index (χ1n) is 12.1. The number of benzene rings is 2. The first kappa shape index (κ1) is 25.9. The normalized spacial score (nSPS) is 12.8. The molecule has 2 aromatic carbocycles. The van der Waals surface area contributed by atoms with Gasteiger partial charge in [0.25, 0.3) is 0 Å². The minimum absolute atomic E-state index is 0.279. The molecule has 3 rings (SSSR count). The van der Waals surface area contributed by atoms with E-state index in [-0.39, 0.29) is 5.60 Å². The summed E-state index contributed by atoms with van der Waals surface area (Å²) < 4.78 is 14.1. The van der Waals surface area contributed by atoms with Crippen molar-refractivity contribution in [2.75, 3.05) is 19.7 Å². The van der Waals surface area contributed by atoms with Gasteiger partial charge in [0.1, 0.15) is 5.75 Å². The molecule has 0 spiro atoms. The SMILES string of the molecule is CCCN(Cc1c(C)nn(-c2ccccc2)c1Oc1ccc(C)cc1)C[C@@H](O)COC(C)(C)C. The van der Waals surface area contributed by atoms with Crippen LogP contribution in [0.1, 0.15) is 50.9 Å². The maximum absolute atomic E-state index is 10.7. The molecule has 0 aliphatic rings. The molecule has 6 nitrogen and oxygen atoms in total. The number of para-hydroxylation sites is 1. The van der Waals surface area contributed by atoms with Crippen molar-refractivity contribution in [2.45, 2.75) is 66.2 Å². The Bertz CT molecular complexity index is 1020. The number of ether oxygens (including phenoxy) is 2. The minimum atomic E-state index is -0.572. The number of aliphatic hydroxyl groups excluding tert-OH is 1. The Morgan fingerprint density at radius 1 is 1.03 bits per heavy atom. The fourth-order valence-electron chi connectivity index (χ4n) is 3.76. The highest BCUT2D eigenvalue weighted by Gasteiger charge is 2.23. The molecule has 0 amide bonds. The Hall–Kier alpha value is -2.67. The van der Waals surface area contributed by atoms with Gasteiger partial charge in [-0.3, -0.25) is 4.90 Å².